The van der Waals surface area contributed by atoms with Gasteiger partial charge in [0.1, 0.15) is 12.0 Å². The van der Waals surface area contributed by atoms with Crippen LogP contribution < -0.4 is 5.32 Å². The predicted octanol–water partition coefficient (Wildman–Crippen LogP) is 6.10. The first-order valence-electron chi connectivity index (χ1n) is 12.7. The molecule has 1 aromatic heterocycles. The monoisotopic (exact) mass is 487 g/mol. The third-order valence-corrected chi connectivity index (χ3v) is 8.37. The second-order valence-electron chi connectivity index (χ2n) is 11.0. The summed E-state index contributed by atoms with van der Waals surface area (Å²) in [6, 6.07) is 6.59. The Morgan fingerprint density at radius 2 is 1.94 bits per heavy atom. The van der Waals surface area contributed by atoms with E-state index in [9.17, 15) is 9.18 Å². The fourth-order valence-corrected chi connectivity index (χ4v) is 6.16. The summed E-state index contributed by atoms with van der Waals surface area (Å²) in [5, 5.41) is 5.77. The van der Waals surface area contributed by atoms with Gasteiger partial charge in [-0.2, -0.15) is 0 Å². The number of nitrogens with one attached hydrogen (secondary N) is 1. The van der Waals surface area contributed by atoms with Crippen molar-refractivity contribution in [2.45, 2.75) is 82.5 Å². The molecule has 3 aliphatic rings. The fourth-order valence-electron chi connectivity index (χ4n) is 5.83. The number of nitrogens with zero attached hydrogens (tertiary/aromatic N) is 2. The number of fused-ring (bicyclic) bond motifs is 1. The number of halogens is 2. The molecule has 1 N–H and O–H groups in total. The molecule has 1 amide bonds. The molecule has 2 aromatic rings. The zero-order valence-corrected chi connectivity index (χ0v) is 20.9. The highest BCUT2D eigenvalue weighted by Crippen LogP contribution is 2.40. The normalized spacial score (nSPS) is 29.9. The van der Waals surface area contributed by atoms with E-state index in [1.54, 1.807) is 6.20 Å². The Labute approximate surface area is 206 Å². The molecule has 1 aliphatic carbocycles. The number of pyridine rings is 1. The molecule has 5 nitrogen and oxygen atoms in total. The molecule has 2 aliphatic heterocycles. The molecule has 2 saturated heterocycles. The number of hydrogen-bond donors (Lipinski definition) is 1. The van der Waals surface area contributed by atoms with Gasteiger partial charge in [0.2, 0.25) is 5.91 Å². The zero-order valence-electron chi connectivity index (χ0n) is 20.2. The first-order valence-corrected chi connectivity index (χ1v) is 13.1. The van der Waals surface area contributed by atoms with Gasteiger partial charge in [-0.05, 0) is 93.9 Å². The van der Waals surface area contributed by atoms with Crippen LogP contribution in [0.25, 0.3) is 10.8 Å². The van der Waals surface area contributed by atoms with Crippen LogP contribution in [-0.4, -0.2) is 53.3 Å². The lowest BCUT2D eigenvalue weighted by atomic mass is 9.81. The quantitative estimate of drug-likeness (QED) is 0.566. The number of aromatic nitrogens is 1. The lowest BCUT2D eigenvalue weighted by Crippen LogP contribution is -2.38. The van der Waals surface area contributed by atoms with Gasteiger partial charge in [0.15, 0.2) is 0 Å². The van der Waals surface area contributed by atoms with Crippen LogP contribution in [0.4, 0.5) is 10.2 Å². The van der Waals surface area contributed by atoms with Crippen LogP contribution in [0, 0.1) is 5.92 Å². The lowest BCUT2D eigenvalue weighted by molar-refractivity contribution is -0.131. The topological polar surface area (TPSA) is 54.5 Å². The molecule has 3 fully saturated rings. The molecule has 0 spiro atoms. The summed E-state index contributed by atoms with van der Waals surface area (Å²) in [6.07, 6.45) is 7.78. The van der Waals surface area contributed by atoms with Gasteiger partial charge in [-0.25, -0.2) is 9.37 Å². The van der Waals surface area contributed by atoms with Crippen molar-refractivity contribution >= 4 is 34.1 Å². The summed E-state index contributed by atoms with van der Waals surface area (Å²) in [7, 11) is 0. The molecule has 7 heteroatoms. The summed E-state index contributed by atoms with van der Waals surface area (Å²) in [5.41, 5.74) is 1.01. The van der Waals surface area contributed by atoms with Crippen molar-refractivity contribution in [1.29, 1.82) is 0 Å². The zero-order chi connectivity index (χ0) is 23.9. The molecular weight excluding hydrogens is 453 g/mol. The minimum absolute atomic E-state index is 0.0349. The van der Waals surface area contributed by atoms with E-state index >= 15 is 0 Å². The van der Waals surface area contributed by atoms with E-state index < -0.39 is 6.17 Å². The maximum atomic E-state index is 13.6. The number of anilines is 1. The highest BCUT2D eigenvalue weighted by molar-refractivity contribution is 6.32. The number of likely N-dealkylation sites (tertiary alicyclic amines) is 1. The lowest BCUT2D eigenvalue weighted by Gasteiger charge is -2.35. The summed E-state index contributed by atoms with van der Waals surface area (Å²) in [4.78, 5) is 19.5. The van der Waals surface area contributed by atoms with Crippen LogP contribution in [0.1, 0.15) is 70.3 Å². The van der Waals surface area contributed by atoms with E-state index in [0.717, 1.165) is 60.9 Å². The number of rotatable bonds is 4. The Morgan fingerprint density at radius 3 is 2.62 bits per heavy atom. The molecule has 34 heavy (non-hydrogen) atoms. The van der Waals surface area contributed by atoms with E-state index in [0.29, 0.717) is 37.4 Å². The number of benzene rings is 1. The molecule has 0 radical (unpaired) electrons. The minimum atomic E-state index is -0.659. The summed E-state index contributed by atoms with van der Waals surface area (Å²) in [6.45, 7) is 6.05. The van der Waals surface area contributed by atoms with Gasteiger partial charge in [-0.1, -0.05) is 11.6 Å². The number of carbonyl (C=O) groups excluding carboxylic acids is 1. The standard InChI is InChI=1S/C27H35ClFN3O2/c1-27(2)9-7-18(16-34-27)26(33)31-25-13-19-11-23(24(28)12-20(19)14-30-25)17-3-5-22(6-4-17)32-10-8-21(29)15-32/h11-14,17-18,21-22H,3-10,15-16H2,1-2H3,(H,30,31,33)/t17?,18-,21-,22?/m0/s1. The van der Waals surface area contributed by atoms with Gasteiger partial charge in [0.05, 0.1) is 18.1 Å². The van der Waals surface area contributed by atoms with Crippen LogP contribution in [0.15, 0.2) is 24.4 Å². The molecule has 3 heterocycles. The average Bonchev–Trinajstić information content (AvgIpc) is 3.25. The minimum Gasteiger partial charge on any atom is -0.375 e. The van der Waals surface area contributed by atoms with E-state index in [1.807, 2.05) is 12.1 Å². The van der Waals surface area contributed by atoms with Crippen molar-refractivity contribution in [1.82, 2.24) is 9.88 Å². The average molecular weight is 488 g/mol. The number of alkyl halides is 1. The van der Waals surface area contributed by atoms with Crippen molar-refractivity contribution in [3.8, 4) is 0 Å². The summed E-state index contributed by atoms with van der Waals surface area (Å²) < 4.78 is 19.5. The van der Waals surface area contributed by atoms with E-state index in [4.69, 9.17) is 16.3 Å². The van der Waals surface area contributed by atoms with Crippen molar-refractivity contribution in [2.24, 2.45) is 5.92 Å². The molecule has 0 bridgehead atoms. The highest BCUT2D eigenvalue weighted by atomic mass is 35.5. The Morgan fingerprint density at radius 1 is 1.15 bits per heavy atom. The second kappa shape index (κ2) is 9.71. The van der Waals surface area contributed by atoms with Crippen molar-refractivity contribution in [3.63, 3.8) is 0 Å². The molecule has 1 aromatic carbocycles. The molecule has 2 atom stereocenters. The van der Waals surface area contributed by atoms with Gasteiger partial charge in [0, 0.05) is 35.7 Å². The van der Waals surface area contributed by atoms with Crippen molar-refractivity contribution in [3.05, 3.63) is 35.0 Å². The van der Waals surface area contributed by atoms with Gasteiger partial charge < -0.3 is 10.1 Å². The summed E-state index contributed by atoms with van der Waals surface area (Å²) >= 11 is 6.70. The van der Waals surface area contributed by atoms with Gasteiger partial charge in [0.25, 0.3) is 0 Å². The SMILES string of the molecule is CC1(C)CC[C@H](C(=O)Nc2cc3cc(C4CCC(N5CC[C@H](F)C5)CC4)c(Cl)cc3cn2)CO1. The maximum Gasteiger partial charge on any atom is 0.230 e. The van der Waals surface area contributed by atoms with Crippen molar-refractivity contribution < 1.29 is 13.9 Å². The van der Waals surface area contributed by atoms with Crippen LogP contribution in [0.2, 0.25) is 5.02 Å². The first-order chi connectivity index (χ1) is 16.3. The van der Waals surface area contributed by atoms with E-state index in [-0.39, 0.29) is 17.4 Å². The Kier molecular flexibility index (Phi) is 6.84. The van der Waals surface area contributed by atoms with E-state index in [2.05, 4.69) is 35.1 Å². The smallest absolute Gasteiger partial charge is 0.230 e. The van der Waals surface area contributed by atoms with Crippen LogP contribution in [0.3, 0.4) is 0 Å². The molecule has 0 unspecified atom stereocenters. The van der Waals surface area contributed by atoms with Crippen LogP contribution in [-0.2, 0) is 9.53 Å². The molecule has 1 saturated carbocycles. The Bertz CT molecular complexity index is 1040. The largest absolute Gasteiger partial charge is 0.375 e. The summed E-state index contributed by atoms with van der Waals surface area (Å²) in [5.74, 6) is 0.789. The molecule has 5 rings (SSSR count). The second-order valence-corrected chi connectivity index (χ2v) is 11.4. The Hall–Kier alpha value is -1.76. The molecule has 184 valence electrons. The highest BCUT2D eigenvalue weighted by Gasteiger charge is 2.33. The number of carbonyl (C=O) groups is 1. The number of hydrogen-bond acceptors (Lipinski definition) is 4. The first kappa shape index (κ1) is 24.0. The van der Waals surface area contributed by atoms with Gasteiger partial charge in [-0.15, -0.1) is 0 Å². The fraction of sp³-hybridized carbons (Fsp3) is 0.630. The number of ether oxygens (including phenoxy) is 1. The van der Waals surface area contributed by atoms with E-state index in [1.165, 1.54) is 5.56 Å². The van der Waals surface area contributed by atoms with Gasteiger partial charge in [-0.3, -0.25) is 9.69 Å². The third-order valence-electron chi connectivity index (χ3n) is 8.04. The predicted molar refractivity (Wildman–Crippen MR) is 134 cm³/mol. The molecular formula is C27H35ClFN3O2. The van der Waals surface area contributed by atoms with Gasteiger partial charge >= 0.3 is 0 Å². The van der Waals surface area contributed by atoms with Crippen LogP contribution >= 0.6 is 11.6 Å². The maximum absolute atomic E-state index is 13.6. The third kappa shape index (κ3) is 5.24. The van der Waals surface area contributed by atoms with Crippen LogP contribution in [0.5, 0.6) is 0 Å². The Balaban J connectivity index is 1.26. The number of amides is 1. The van der Waals surface area contributed by atoms with Crippen molar-refractivity contribution in [2.75, 3.05) is 25.0 Å².